The van der Waals surface area contributed by atoms with Crippen LogP contribution in [0.5, 0.6) is 0 Å². The first kappa shape index (κ1) is 22.5. The molecule has 1 aliphatic rings. The quantitative estimate of drug-likeness (QED) is 0.472. The molecule has 3 rings (SSSR count). The molecule has 30 heavy (non-hydrogen) atoms. The fourth-order valence-corrected chi connectivity index (χ4v) is 4.28. The van der Waals surface area contributed by atoms with Crippen LogP contribution < -0.4 is 15.5 Å². The van der Waals surface area contributed by atoms with E-state index >= 15 is 0 Å². The Morgan fingerprint density at radius 1 is 1.07 bits per heavy atom. The molecule has 0 saturated carbocycles. The highest BCUT2D eigenvalue weighted by Crippen LogP contribution is 2.15. The Morgan fingerprint density at radius 2 is 1.90 bits per heavy atom. The molecule has 1 saturated heterocycles. The van der Waals surface area contributed by atoms with E-state index in [0.717, 1.165) is 76.0 Å². The largest absolute Gasteiger partial charge is 0.357 e. The summed E-state index contributed by atoms with van der Waals surface area (Å²) in [4.78, 5) is 20.1. The summed E-state index contributed by atoms with van der Waals surface area (Å²) in [5.41, 5.74) is 1.12. The number of piperazine rings is 1. The molecule has 0 aliphatic carbocycles. The molecule has 8 heteroatoms. The van der Waals surface area contributed by atoms with Crippen molar-refractivity contribution in [3.63, 3.8) is 0 Å². The standard InChI is InChI=1S/C22H35N7S/c1-4-19-17-26-21(30-19)9-10-24-22(23-5-2)27-16-18-7-8-20(25-15-18)29-13-11-28(6-3)12-14-29/h7-8,15,17H,4-6,9-14,16H2,1-3H3,(H2,23,24,27). The lowest BCUT2D eigenvalue weighted by Gasteiger charge is -2.34. The maximum atomic E-state index is 4.72. The number of nitrogens with zero attached hydrogens (tertiary/aromatic N) is 5. The third kappa shape index (κ3) is 6.67. The summed E-state index contributed by atoms with van der Waals surface area (Å²) < 4.78 is 0. The molecular weight excluding hydrogens is 394 g/mol. The first-order valence-corrected chi connectivity index (χ1v) is 11.9. The first-order chi connectivity index (χ1) is 14.7. The molecule has 0 radical (unpaired) electrons. The van der Waals surface area contributed by atoms with Gasteiger partial charge < -0.3 is 20.4 Å². The van der Waals surface area contributed by atoms with Gasteiger partial charge in [0.25, 0.3) is 0 Å². The predicted molar refractivity (Wildman–Crippen MR) is 127 cm³/mol. The number of anilines is 1. The second-order valence-corrected chi connectivity index (χ2v) is 8.59. The highest BCUT2D eigenvalue weighted by molar-refractivity contribution is 7.11. The molecule has 3 heterocycles. The van der Waals surface area contributed by atoms with E-state index in [1.807, 2.05) is 12.4 Å². The second-order valence-electron chi connectivity index (χ2n) is 7.39. The number of hydrogen-bond acceptors (Lipinski definition) is 6. The predicted octanol–water partition coefficient (Wildman–Crippen LogP) is 2.54. The lowest BCUT2D eigenvalue weighted by Crippen LogP contribution is -2.46. The molecule has 1 fully saturated rings. The topological polar surface area (TPSA) is 68.7 Å². The van der Waals surface area contributed by atoms with Crippen molar-refractivity contribution >= 4 is 23.1 Å². The minimum absolute atomic E-state index is 0.615. The molecule has 0 bridgehead atoms. The Labute approximate surface area is 184 Å². The lowest BCUT2D eigenvalue weighted by molar-refractivity contribution is 0.270. The third-order valence-electron chi connectivity index (χ3n) is 5.30. The lowest BCUT2D eigenvalue weighted by atomic mass is 10.2. The molecule has 1 aliphatic heterocycles. The van der Waals surface area contributed by atoms with Crippen molar-refractivity contribution in [3.8, 4) is 0 Å². The van der Waals surface area contributed by atoms with E-state index in [4.69, 9.17) is 4.99 Å². The number of hydrogen-bond donors (Lipinski definition) is 2. The summed E-state index contributed by atoms with van der Waals surface area (Å²) in [6.07, 6.45) is 5.91. The van der Waals surface area contributed by atoms with Gasteiger partial charge in [-0.3, -0.25) is 0 Å². The van der Waals surface area contributed by atoms with E-state index in [1.165, 1.54) is 9.88 Å². The number of rotatable bonds is 9. The van der Waals surface area contributed by atoms with Crippen molar-refractivity contribution in [3.05, 3.63) is 40.0 Å². The molecule has 0 atom stereocenters. The summed E-state index contributed by atoms with van der Waals surface area (Å²) >= 11 is 1.80. The number of nitrogens with one attached hydrogen (secondary N) is 2. The van der Waals surface area contributed by atoms with Gasteiger partial charge in [0.05, 0.1) is 11.6 Å². The Balaban J connectivity index is 1.48. The van der Waals surface area contributed by atoms with Gasteiger partial charge in [0.15, 0.2) is 5.96 Å². The van der Waals surface area contributed by atoms with E-state index < -0.39 is 0 Å². The fraction of sp³-hybridized carbons (Fsp3) is 0.591. The van der Waals surface area contributed by atoms with Crippen LogP contribution in [-0.4, -0.2) is 66.6 Å². The van der Waals surface area contributed by atoms with Crippen LogP contribution >= 0.6 is 11.3 Å². The highest BCUT2D eigenvalue weighted by Gasteiger charge is 2.16. The molecule has 2 aromatic rings. The molecular formula is C22H35N7S. The third-order valence-corrected chi connectivity index (χ3v) is 6.50. The van der Waals surface area contributed by atoms with Crippen LogP contribution in [0.15, 0.2) is 29.5 Å². The Morgan fingerprint density at radius 3 is 2.53 bits per heavy atom. The van der Waals surface area contributed by atoms with Gasteiger partial charge in [-0.1, -0.05) is 19.9 Å². The van der Waals surface area contributed by atoms with Crippen LogP contribution in [0.25, 0.3) is 0 Å². The van der Waals surface area contributed by atoms with Gasteiger partial charge in [-0.05, 0) is 31.5 Å². The molecule has 0 spiro atoms. The van der Waals surface area contributed by atoms with Crippen molar-refractivity contribution in [2.75, 3.05) is 50.7 Å². The maximum Gasteiger partial charge on any atom is 0.191 e. The molecule has 0 aromatic carbocycles. The molecule has 0 unspecified atom stereocenters. The van der Waals surface area contributed by atoms with Crippen molar-refractivity contribution in [1.82, 2.24) is 25.5 Å². The van der Waals surface area contributed by atoms with Gasteiger partial charge in [0, 0.05) is 63.0 Å². The van der Waals surface area contributed by atoms with Crippen LogP contribution in [0.1, 0.15) is 36.2 Å². The minimum Gasteiger partial charge on any atom is -0.357 e. The van der Waals surface area contributed by atoms with Crippen molar-refractivity contribution in [2.24, 2.45) is 4.99 Å². The molecule has 164 valence electrons. The first-order valence-electron chi connectivity index (χ1n) is 11.1. The summed E-state index contributed by atoms with van der Waals surface area (Å²) in [7, 11) is 0. The van der Waals surface area contributed by atoms with Crippen molar-refractivity contribution in [2.45, 2.75) is 40.2 Å². The van der Waals surface area contributed by atoms with E-state index in [-0.39, 0.29) is 0 Å². The summed E-state index contributed by atoms with van der Waals surface area (Å²) in [6, 6.07) is 4.27. The number of aliphatic imine (C=N–C) groups is 1. The van der Waals surface area contributed by atoms with Gasteiger partial charge in [-0.15, -0.1) is 11.3 Å². The van der Waals surface area contributed by atoms with E-state index in [1.54, 1.807) is 11.3 Å². The van der Waals surface area contributed by atoms with Gasteiger partial charge in [-0.25, -0.2) is 15.0 Å². The van der Waals surface area contributed by atoms with Gasteiger partial charge in [-0.2, -0.15) is 0 Å². The minimum atomic E-state index is 0.615. The normalized spacial score (nSPS) is 15.4. The van der Waals surface area contributed by atoms with Crippen LogP contribution in [-0.2, 0) is 19.4 Å². The molecule has 2 aromatic heterocycles. The number of aromatic nitrogens is 2. The Bertz CT molecular complexity index is 779. The second kappa shape index (κ2) is 11.9. The van der Waals surface area contributed by atoms with E-state index in [0.29, 0.717) is 6.54 Å². The zero-order valence-electron chi connectivity index (χ0n) is 18.5. The van der Waals surface area contributed by atoms with Gasteiger partial charge in [0.2, 0.25) is 0 Å². The zero-order chi connectivity index (χ0) is 21.2. The highest BCUT2D eigenvalue weighted by atomic mass is 32.1. The van der Waals surface area contributed by atoms with Crippen LogP contribution in [0.4, 0.5) is 5.82 Å². The number of guanidine groups is 1. The molecule has 7 nitrogen and oxygen atoms in total. The average Bonchev–Trinajstić information content (AvgIpc) is 3.26. The van der Waals surface area contributed by atoms with Crippen LogP contribution in [0.2, 0.25) is 0 Å². The molecule has 0 amide bonds. The number of aryl methyl sites for hydroxylation is 1. The average molecular weight is 430 g/mol. The molecule has 2 N–H and O–H groups in total. The van der Waals surface area contributed by atoms with Gasteiger partial charge in [0.1, 0.15) is 5.82 Å². The van der Waals surface area contributed by atoms with E-state index in [2.05, 4.69) is 63.3 Å². The number of likely N-dealkylation sites (N-methyl/N-ethyl adjacent to an activating group) is 1. The summed E-state index contributed by atoms with van der Waals surface area (Å²) in [6.45, 7) is 14.2. The Kier molecular flexibility index (Phi) is 8.89. The summed E-state index contributed by atoms with van der Waals surface area (Å²) in [5.74, 6) is 1.91. The zero-order valence-corrected chi connectivity index (χ0v) is 19.3. The monoisotopic (exact) mass is 429 g/mol. The summed E-state index contributed by atoms with van der Waals surface area (Å²) in [5, 5.41) is 7.90. The van der Waals surface area contributed by atoms with E-state index in [9.17, 15) is 0 Å². The number of thiazole rings is 1. The SMILES string of the molecule is CCNC(=NCc1ccc(N2CCN(CC)CC2)nc1)NCCc1ncc(CC)s1. The van der Waals surface area contributed by atoms with Crippen molar-refractivity contribution in [1.29, 1.82) is 0 Å². The Hall–Kier alpha value is -2.19. The number of pyridine rings is 1. The van der Waals surface area contributed by atoms with Crippen LogP contribution in [0.3, 0.4) is 0 Å². The maximum absolute atomic E-state index is 4.72. The fourth-order valence-electron chi connectivity index (χ4n) is 3.42. The van der Waals surface area contributed by atoms with Gasteiger partial charge >= 0.3 is 0 Å². The smallest absolute Gasteiger partial charge is 0.191 e. The van der Waals surface area contributed by atoms with Crippen molar-refractivity contribution < 1.29 is 0 Å². The van der Waals surface area contributed by atoms with Crippen LogP contribution in [0, 0.1) is 0 Å².